The lowest BCUT2D eigenvalue weighted by Gasteiger charge is -2.06. The summed E-state index contributed by atoms with van der Waals surface area (Å²) in [5.41, 5.74) is 1.34. The Morgan fingerprint density at radius 1 is 1.14 bits per heavy atom. The van der Waals surface area contributed by atoms with Gasteiger partial charge in [-0.3, -0.25) is 9.48 Å². The first-order valence-electron chi connectivity index (χ1n) is 6.95. The SMILES string of the molecule is CCCn1nccc1C(=O)c1ccc2cc(Br)ccc2c1. The van der Waals surface area contributed by atoms with Crippen molar-refractivity contribution in [3.63, 3.8) is 0 Å². The molecule has 0 atom stereocenters. The van der Waals surface area contributed by atoms with Gasteiger partial charge in [0.2, 0.25) is 5.78 Å². The van der Waals surface area contributed by atoms with Gasteiger partial charge in [-0.15, -0.1) is 0 Å². The molecule has 106 valence electrons. The highest BCUT2D eigenvalue weighted by molar-refractivity contribution is 9.10. The molecule has 0 aliphatic rings. The van der Waals surface area contributed by atoms with Gasteiger partial charge in [0, 0.05) is 22.8 Å². The Hall–Kier alpha value is -1.94. The number of carbonyl (C=O) groups excluding carboxylic acids is 1. The Morgan fingerprint density at radius 3 is 2.71 bits per heavy atom. The first kappa shape index (κ1) is 14.0. The van der Waals surface area contributed by atoms with Crippen LogP contribution in [-0.2, 0) is 6.54 Å². The third kappa shape index (κ3) is 2.76. The second-order valence-corrected chi connectivity index (χ2v) is 5.89. The summed E-state index contributed by atoms with van der Waals surface area (Å²) in [4.78, 5) is 12.6. The minimum atomic E-state index is 0.0192. The lowest BCUT2D eigenvalue weighted by Crippen LogP contribution is -2.11. The second-order valence-electron chi connectivity index (χ2n) is 4.97. The zero-order valence-corrected chi connectivity index (χ0v) is 13.3. The van der Waals surface area contributed by atoms with E-state index in [9.17, 15) is 4.79 Å². The van der Waals surface area contributed by atoms with Crippen LogP contribution < -0.4 is 0 Å². The number of aryl methyl sites for hydroxylation is 1. The Kier molecular flexibility index (Phi) is 3.88. The van der Waals surface area contributed by atoms with E-state index >= 15 is 0 Å². The molecular formula is C17H15BrN2O. The molecule has 0 spiro atoms. The van der Waals surface area contributed by atoms with Crippen LogP contribution in [0.5, 0.6) is 0 Å². The predicted molar refractivity (Wildman–Crippen MR) is 87.6 cm³/mol. The average molecular weight is 343 g/mol. The largest absolute Gasteiger partial charge is 0.287 e. The minimum absolute atomic E-state index is 0.0192. The van der Waals surface area contributed by atoms with Crippen molar-refractivity contribution in [2.24, 2.45) is 0 Å². The molecule has 0 unspecified atom stereocenters. The molecule has 0 saturated heterocycles. The number of aromatic nitrogens is 2. The molecule has 0 radical (unpaired) electrons. The van der Waals surface area contributed by atoms with Crippen molar-refractivity contribution in [2.45, 2.75) is 19.9 Å². The highest BCUT2D eigenvalue weighted by Gasteiger charge is 2.14. The number of hydrogen-bond acceptors (Lipinski definition) is 2. The molecule has 3 nitrogen and oxygen atoms in total. The molecule has 0 aliphatic carbocycles. The fourth-order valence-electron chi connectivity index (χ4n) is 2.42. The molecule has 0 fully saturated rings. The van der Waals surface area contributed by atoms with Crippen LogP contribution >= 0.6 is 15.9 Å². The van der Waals surface area contributed by atoms with Gasteiger partial charge in [0.1, 0.15) is 5.69 Å². The van der Waals surface area contributed by atoms with Gasteiger partial charge in [-0.2, -0.15) is 5.10 Å². The number of fused-ring (bicyclic) bond motifs is 1. The third-order valence-corrected chi connectivity index (χ3v) is 3.94. The number of carbonyl (C=O) groups is 1. The van der Waals surface area contributed by atoms with Crippen molar-refractivity contribution < 1.29 is 4.79 Å². The van der Waals surface area contributed by atoms with Gasteiger partial charge < -0.3 is 0 Å². The minimum Gasteiger partial charge on any atom is -0.287 e. The lowest BCUT2D eigenvalue weighted by atomic mass is 10.0. The van der Waals surface area contributed by atoms with Crippen molar-refractivity contribution in [1.29, 1.82) is 0 Å². The van der Waals surface area contributed by atoms with E-state index in [4.69, 9.17) is 0 Å². The molecule has 0 bridgehead atoms. The molecular weight excluding hydrogens is 328 g/mol. The van der Waals surface area contributed by atoms with E-state index in [1.54, 1.807) is 16.9 Å². The Bertz CT molecular complexity index is 807. The van der Waals surface area contributed by atoms with E-state index in [1.165, 1.54) is 0 Å². The summed E-state index contributed by atoms with van der Waals surface area (Å²) in [6.45, 7) is 2.83. The summed E-state index contributed by atoms with van der Waals surface area (Å²) in [6.07, 6.45) is 2.63. The van der Waals surface area contributed by atoms with Crippen LogP contribution in [0.15, 0.2) is 53.1 Å². The first-order chi connectivity index (χ1) is 10.2. The van der Waals surface area contributed by atoms with Crippen molar-refractivity contribution >= 4 is 32.5 Å². The van der Waals surface area contributed by atoms with Crippen LogP contribution in [0.3, 0.4) is 0 Å². The average Bonchev–Trinajstić information content (AvgIpc) is 2.94. The topological polar surface area (TPSA) is 34.9 Å². The predicted octanol–water partition coefficient (Wildman–Crippen LogP) is 4.44. The summed E-state index contributed by atoms with van der Waals surface area (Å²) < 4.78 is 2.81. The molecule has 21 heavy (non-hydrogen) atoms. The lowest BCUT2D eigenvalue weighted by molar-refractivity contribution is 0.102. The van der Waals surface area contributed by atoms with Gasteiger partial charge in [-0.1, -0.05) is 41.1 Å². The standard InChI is InChI=1S/C17H15BrN2O/c1-2-9-20-16(7-8-19-20)17(21)14-4-3-13-11-15(18)6-5-12(13)10-14/h3-8,10-11H,2,9H2,1H3. The Labute approximate surface area is 131 Å². The van der Waals surface area contributed by atoms with E-state index < -0.39 is 0 Å². The van der Waals surface area contributed by atoms with Crippen molar-refractivity contribution in [1.82, 2.24) is 9.78 Å². The monoisotopic (exact) mass is 342 g/mol. The number of benzene rings is 2. The van der Waals surface area contributed by atoms with E-state index in [1.807, 2.05) is 36.4 Å². The normalized spacial score (nSPS) is 11.0. The van der Waals surface area contributed by atoms with Gasteiger partial charge in [0.15, 0.2) is 0 Å². The maximum absolute atomic E-state index is 12.6. The van der Waals surface area contributed by atoms with Gasteiger partial charge >= 0.3 is 0 Å². The Morgan fingerprint density at radius 2 is 1.90 bits per heavy atom. The summed E-state index contributed by atoms with van der Waals surface area (Å²) in [5, 5.41) is 6.39. The van der Waals surface area contributed by atoms with Crippen molar-refractivity contribution in [3.8, 4) is 0 Å². The summed E-state index contributed by atoms with van der Waals surface area (Å²) in [6, 6.07) is 13.6. The number of halogens is 1. The zero-order chi connectivity index (χ0) is 14.8. The number of ketones is 1. The molecule has 3 rings (SSSR count). The van der Waals surface area contributed by atoms with E-state index in [0.29, 0.717) is 11.3 Å². The number of nitrogens with zero attached hydrogens (tertiary/aromatic N) is 2. The first-order valence-corrected chi connectivity index (χ1v) is 7.74. The second kappa shape index (κ2) is 5.82. The molecule has 0 saturated carbocycles. The zero-order valence-electron chi connectivity index (χ0n) is 11.7. The summed E-state index contributed by atoms with van der Waals surface area (Å²) in [7, 11) is 0. The van der Waals surface area contributed by atoms with E-state index in [2.05, 4.69) is 28.0 Å². The Balaban J connectivity index is 2.01. The fourth-order valence-corrected chi connectivity index (χ4v) is 2.80. The van der Waals surface area contributed by atoms with Gasteiger partial charge in [0.05, 0.1) is 0 Å². The number of rotatable bonds is 4. The molecule has 3 aromatic rings. The van der Waals surface area contributed by atoms with Crippen LogP contribution in [-0.4, -0.2) is 15.6 Å². The molecule has 1 aromatic heterocycles. The van der Waals surface area contributed by atoms with Crippen LogP contribution in [0, 0.1) is 0 Å². The van der Waals surface area contributed by atoms with Crippen LogP contribution in [0.2, 0.25) is 0 Å². The summed E-state index contributed by atoms with van der Waals surface area (Å²) >= 11 is 3.46. The molecule has 1 heterocycles. The maximum Gasteiger partial charge on any atom is 0.211 e. The van der Waals surface area contributed by atoms with Gasteiger partial charge in [-0.25, -0.2) is 0 Å². The molecule has 4 heteroatoms. The van der Waals surface area contributed by atoms with Gasteiger partial charge in [-0.05, 0) is 41.5 Å². The summed E-state index contributed by atoms with van der Waals surface area (Å²) in [5.74, 6) is 0.0192. The smallest absolute Gasteiger partial charge is 0.211 e. The van der Waals surface area contributed by atoms with E-state index in [-0.39, 0.29) is 5.78 Å². The maximum atomic E-state index is 12.6. The fraction of sp³-hybridized carbons (Fsp3) is 0.176. The van der Waals surface area contributed by atoms with Crippen LogP contribution in [0.25, 0.3) is 10.8 Å². The quantitative estimate of drug-likeness (QED) is 0.657. The molecule has 2 aromatic carbocycles. The molecule has 0 amide bonds. The molecule has 0 aliphatic heterocycles. The molecule has 0 N–H and O–H groups in total. The van der Waals surface area contributed by atoms with E-state index in [0.717, 1.165) is 28.2 Å². The highest BCUT2D eigenvalue weighted by atomic mass is 79.9. The third-order valence-electron chi connectivity index (χ3n) is 3.45. The van der Waals surface area contributed by atoms with Crippen LogP contribution in [0.1, 0.15) is 29.4 Å². The van der Waals surface area contributed by atoms with Crippen molar-refractivity contribution in [3.05, 3.63) is 64.4 Å². The number of hydrogen-bond donors (Lipinski definition) is 0. The van der Waals surface area contributed by atoms with Crippen molar-refractivity contribution in [2.75, 3.05) is 0 Å². The highest BCUT2D eigenvalue weighted by Crippen LogP contribution is 2.22. The van der Waals surface area contributed by atoms with Crippen LogP contribution in [0.4, 0.5) is 0 Å². The van der Waals surface area contributed by atoms with Gasteiger partial charge in [0.25, 0.3) is 0 Å².